The lowest BCUT2D eigenvalue weighted by molar-refractivity contribution is 0.163. The van der Waals surface area contributed by atoms with Crippen LogP contribution in [0.25, 0.3) is 11.1 Å². The molecule has 0 saturated heterocycles. The predicted octanol–water partition coefficient (Wildman–Crippen LogP) is 3.86. The van der Waals surface area contributed by atoms with Gasteiger partial charge in [0.1, 0.15) is 5.75 Å². The van der Waals surface area contributed by atoms with Crippen LogP contribution in [0.1, 0.15) is 25.8 Å². The van der Waals surface area contributed by atoms with E-state index in [4.69, 9.17) is 4.74 Å². The van der Waals surface area contributed by atoms with E-state index in [-0.39, 0.29) is 6.10 Å². The molecule has 3 nitrogen and oxygen atoms in total. The van der Waals surface area contributed by atoms with Gasteiger partial charge in [-0.3, -0.25) is 0 Å². The van der Waals surface area contributed by atoms with Crippen LogP contribution in [0, 0.1) is 5.92 Å². The molecule has 2 atom stereocenters. The Morgan fingerprint density at radius 3 is 2.39 bits per heavy atom. The molecule has 0 aliphatic heterocycles. The number of nitrogens with one attached hydrogen (secondary N) is 1. The molecule has 2 aromatic carbocycles. The third-order valence-corrected chi connectivity index (χ3v) is 3.94. The van der Waals surface area contributed by atoms with Gasteiger partial charge in [-0.05, 0) is 43.0 Å². The zero-order valence-electron chi connectivity index (χ0n) is 14.3. The van der Waals surface area contributed by atoms with Crippen molar-refractivity contribution in [3.05, 3.63) is 54.1 Å². The van der Waals surface area contributed by atoms with Crippen LogP contribution in [0.5, 0.6) is 5.75 Å². The van der Waals surface area contributed by atoms with Gasteiger partial charge in [0.15, 0.2) is 0 Å². The van der Waals surface area contributed by atoms with Gasteiger partial charge in [-0.1, -0.05) is 49.4 Å². The minimum Gasteiger partial charge on any atom is -0.496 e. The summed E-state index contributed by atoms with van der Waals surface area (Å²) in [6.45, 7) is 5.76. The molecule has 2 N–H and O–H groups in total. The van der Waals surface area contributed by atoms with E-state index in [1.807, 2.05) is 25.1 Å². The average molecular weight is 313 g/mol. The van der Waals surface area contributed by atoms with Crippen LogP contribution in [0.2, 0.25) is 0 Å². The maximum atomic E-state index is 9.38. The summed E-state index contributed by atoms with van der Waals surface area (Å²) >= 11 is 0. The SMILES string of the molecule is COc1ccccc1-c1ccc(CNCC(C)CC(C)O)cc1. The molecule has 0 aromatic heterocycles. The first-order chi connectivity index (χ1) is 11.1. The summed E-state index contributed by atoms with van der Waals surface area (Å²) in [5.74, 6) is 1.37. The molecule has 0 saturated carbocycles. The number of para-hydroxylation sites is 1. The van der Waals surface area contributed by atoms with Crippen molar-refractivity contribution in [1.29, 1.82) is 0 Å². The number of aliphatic hydroxyl groups is 1. The van der Waals surface area contributed by atoms with E-state index < -0.39 is 0 Å². The normalized spacial score (nSPS) is 13.6. The maximum absolute atomic E-state index is 9.38. The number of rotatable bonds is 8. The first-order valence-electron chi connectivity index (χ1n) is 8.21. The molecule has 0 bridgehead atoms. The molecular formula is C20H27NO2. The zero-order chi connectivity index (χ0) is 16.7. The van der Waals surface area contributed by atoms with Gasteiger partial charge >= 0.3 is 0 Å². The molecule has 2 unspecified atom stereocenters. The minimum absolute atomic E-state index is 0.230. The smallest absolute Gasteiger partial charge is 0.126 e. The van der Waals surface area contributed by atoms with E-state index in [2.05, 4.69) is 42.6 Å². The zero-order valence-corrected chi connectivity index (χ0v) is 14.3. The van der Waals surface area contributed by atoms with E-state index in [1.165, 1.54) is 5.56 Å². The number of ether oxygens (including phenoxy) is 1. The van der Waals surface area contributed by atoms with Crippen LogP contribution in [0.15, 0.2) is 48.5 Å². The van der Waals surface area contributed by atoms with Crippen molar-refractivity contribution in [2.24, 2.45) is 5.92 Å². The molecule has 0 aliphatic rings. The molecule has 23 heavy (non-hydrogen) atoms. The highest BCUT2D eigenvalue weighted by Gasteiger charge is 2.06. The number of benzene rings is 2. The predicted molar refractivity (Wildman–Crippen MR) is 95.6 cm³/mol. The van der Waals surface area contributed by atoms with Crippen molar-refractivity contribution >= 4 is 0 Å². The van der Waals surface area contributed by atoms with Crippen LogP contribution >= 0.6 is 0 Å². The highest BCUT2D eigenvalue weighted by atomic mass is 16.5. The number of hydrogen-bond donors (Lipinski definition) is 2. The summed E-state index contributed by atoms with van der Waals surface area (Å²) in [6.07, 6.45) is 0.603. The summed E-state index contributed by atoms with van der Waals surface area (Å²) in [5, 5.41) is 12.8. The molecule has 2 aromatic rings. The monoisotopic (exact) mass is 313 g/mol. The summed E-state index contributed by atoms with van der Waals surface area (Å²) in [7, 11) is 1.70. The number of aliphatic hydroxyl groups excluding tert-OH is 1. The van der Waals surface area contributed by atoms with Crippen LogP contribution in [-0.2, 0) is 6.54 Å². The minimum atomic E-state index is -0.230. The average Bonchev–Trinajstić information content (AvgIpc) is 2.55. The van der Waals surface area contributed by atoms with Crippen molar-refractivity contribution < 1.29 is 9.84 Å². The summed E-state index contributed by atoms with van der Waals surface area (Å²) < 4.78 is 5.42. The van der Waals surface area contributed by atoms with Gasteiger partial charge in [-0.25, -0.2) is 0 Å². The largest absolute Gasteiger partial charge is 0.496 e. The Balaban J connectivity index is 1.92. The molecule has 0 heterocycles. The van der Waals surface area contributed by atoms with Crippen molar-refractivity contribution in [2.75, 3.05) is 13.7 Å². The van der Waals surface area contributed by atoms with Gasteiger partial charge in [0.25, 0.3) is 0 Å². The summed E-state index contributed by atoms with van der Waals surface area (Å²) in [4.78, 5) is 0. The number of hydrogen-bond acceptors (Lipinski definition) is 3. The molecule has 0 spiro atoms. The van der Waals surface area contributed by atoms with Gasteiger partial charge in [0.05, 0.1) is 13.2 Å². The van der Waals surface area contributed by atoms with Gasteiger partial charge in [0, 0.05) is 12.1 Å². The Hall–Kier alpha value is -1.84. The summed E-state index contributed by atoms with van der Waals surface area (Å²) in [5.41, 5.74) is 3.53. The molecule has 124 valence electrons. The highest BCUT2D eigenvalue weighted by Crippen LogP contribution is 2.29. The second-order valence-corrected chi connectivity index (χ2v) is 6.22. The lowest BCUT2D eigenvalue weighted by atomic mass is 10.0. The molecule has 0 fully saturated rings. The van der Waals surface area contributed by atoms with Crippen LogP contribution in [0.4, 0.5) is 0 Å². The van der Waals surface area contributed by atoms with Crippen molar-refractivity contribution in [1.82, 2.24) is 5.32 Å². The lowest BCUT2D eigenvalue weighted by Gasteiger charge is -2.14. The fraction of sp³-hybridized carbons (Fsp3) is 0.400. The molecule has 0 amide bonds. The van der Waals surface area contributed by atoms with Crippen LogP contribution in [0.3, 0.4) is 0 Å². The highest BCUT2D eigenvalue weighted by molar-refractivity contribution is 5.70. The van der Waals surface area contributed by atoms with Gasteiger partial charge in [-0.15, -0.1) is 0 Å². The molecule has 0 aliphatic carbocycles. The van der Waals surface area contributed by atoms with Crippen LogP contribution < -0.4 is 10.1 Å². The van der Waals surface area contributed by atoms with Crippen molar-refractivity contribution in [3.63, 3.8) is 0 Å². The van der Waals surface area contributed by atoms with Crippen molar-refractivity contribution in [3.8, 4) is 16.9 Å². The van der Waals surface area contributed by atoms with Gasteiger partial charge in [0.2, 0.25) is 0 Å². The Labute approximate surface area is 139 Å². The second kappa shape index (κ2) is 8.70. The molecule has 3 heteroatoms. The Morgan fingerprint density at radius 2 is 1.74 bits per heavy atom. The van der Waals surface area contributed by atoms with Gasteiger partial charge < -0.3 is 15.2 Å². The quantitative estimate of drug-likeness (QED) is 0.777. The fourth-order valence-electron chi connectivity index (χ4n) is 2.81. The van der Waals surface area contributed by atoms with Crippen LogP contribution in [-0.4, -0.2) is 24.9 Å². The fourth-order valence-corrected chi connectivity index (χ4v) is 2.81. The maximum Gasteiger partial charge on any atom is 0.126 e. The first kappa shape index (κ1) is 17.5. The Morgan fingerprint density at radius 1 is 1.04 bits per heavy atom. The standard InChI is InChI=1S/C20H27NO2/c1-15(12-16(2)22)13-21-14-17-8-10-18(11-9-17)19-6-4-5-7-20(19)23-3/h4-11,15-16,21-22H,12-14H2,1-3H3. The van der Waals surface area contributed by atoms with Crippen molar-refractivity contribution in [2.45, 2.75) is 32.9 Å². The summed E-state index contributed by atoms with van der Waals surface area (Å²) in [6, 6.07) is 16.6. The molecular weight excluding hydrogens is 286 g/mol. The lowest BCUT2D eigenvalue weighted by Crippen LogP contribution is -2.23. The van der Waals surface area contributed by atoms with E-state index in [1.54, 1.807) is 7.11 Å². The molecule has 0 radical (unpaired) electrons. The van der Waals surface area contributed by atoms with E-state index in [9.17, 15) is 5.11 Å². The van der Waals surface area contributed by atoms with E-state index >= 15 is 0 Å². The Kier molecular flexibility index (Phi) is 6.63. The molecule has 2 rings (SSSR count). The third-order valence-electron chi connectivity index (χ3n) is 3.94. The third kappa shape index (κ3) is 5.38. The topological polar surface area (TPSA) is 41.5 Å². The van der Waals surface area contributed by atoms with E-state index in [0.717, 1.165) is 36.4 Å². The first-order valence-corrected chi connectivity index (χ1v) is 8.21. The van der Waals surface area contributed by atoms with E-state index in [0.29, 0.717) is 5.92 Å². The second-order valence-electron chi connectivity index (χ2n) is 6.22. The Bertz CT molecular complexity index is 593. The van der Waals surface area contributed by atoms with Gasteiger partial charge in [-0.2, -0.15) is 0 Å². The number of methoxy groups -OCH3 is 1.